The van der Waals surface area contributed by atoms with E-state index in [1.54, 1.807) is 0 Å². The van der Waals surface area contributed by atoms with Crippen molar-refractivity contribution in [1.29, 1.82) is 0 Å². The third-order valence-electron chi connectivity index (χ3n) is 3.51. The van der Waals surface area contributed by atoms with Crippen molar-refractivity contribution < 1.29 is 13.2 Å². The molecule has 2 aromatic carbocycles. The zero-order chi connectivity index (χ0) is 15.5. The Kier molecular flexibility index (Phi) is 3.92. The molecule has 0 unspecified atom stereocenters. The van der Waals surface area contributed by atoms with Gasteiger partial charge in [-0.25, -0.2) is 9.37 Å². The summed E-state index contributed by atoms with van der Waals surface area (Å²) in [6.45, 7) is 0. The molecule has 1 aliphatic rings. The summed E-state index contributed by atoms with van der Waals surface area (Å²) in [5.74, 6) is -4.16. The van der Waals surface area contributed by atoms with E-state index < -0.39 is 17.6 Å². The van der Waals surface area contributed by atoms with Crippen LogP contribution < -0.4 is 0 Å². The molecular formula is C18H12F3N. The average Bonchev–Trinajstić information content (AvgIpc) is 2.92. The maximum absolute atomic E-state index is 11.9. The summed E-state index contributed by atoms with van der Waals surface area (Å²) in [5.41, 5.74) is 5.75. The minimum Gasteiger partial charge on any atom is -0.226 e. The van der Waals surface area contributed by atoms with Crippen molar-refractivity contribution >= 4 is 0 Å². The fourth-order valence-corrected chi connectivity index (χ4v) is 2.48. The van der Waals surface area contributed by atoms with Gasteiger partial charge in [0, 0.05) is 6.20 Å². The number of fused-ring (bicyclic) bond motifs is 3. The third-order valence-corrected chi connectivity index (χ3v) is 3.51. The zero-order valence-electron chi connectivity index (χ0n) is 11.6. The van der Waals surface area contributed by atoms with E-state index in [-0.39, 0.29) is 0 Å². The predicted octanol–water partition coefficient (Wildman–Crippen LogP) is 4.76. The first-order chi connectivity index (χ1) is 10.7. The van der Waals surface area contributed by atoms with Crippen LogP contribution in [-0.4, -0.2) is 4.98 Å². The van der Waals surface area contributed by atoms with Crippen molar-refractivity contribution in [2.75, 3.05) is 0 Å². The first-order valence-electron chi connectivity index (χ1n) is 6.78. The SMILES string of the molecule is Fc1ccnc(F)c1F.c1ccc2c(c1)Cc1ccccc1-2. The molecule has 0 saturated heterocycles. The van der Waals surface area contributed by atoms with Gasteiger partial charge in [0.25, 0.3) is 5.95 Å². The quantitative estimate of drug-likeness (QED) is 0.427. The molecule has 0 aliphatic heterocycles. The highest BCUT2D eigenvalue weighted by Crippen LogP contribution is 2.35. The lowest BCUT2D eigenvalue weighted by Crippen LogP contribution is -1.91. The van der Waals surface area contributed by atoms with E-state index in [4.69, 9.17) is 0 Å². The third kappa shape index (κ3) is 2.72. The van der Waals surface area contributed by atoms with Gasteiger partial charge in [-0.2, -0.15) is 8.78 Å². The number of hydrogen-bond acceptors (Lipinski definition) is 1. The number of benzene rings is 2. The lowest BCUT2D eigenvalue weighted by molar-refractivity contribution is 0.427. The summed E-state index contributed by atoms with van der Waals surface area (Å²) >= 11 is 0. The summed E-state index contributed by atoms with van der Waals surface area (Å²) in [7, 11) is 0. The highest BCUT2D eigenvalue weighted by atomic mass is 19.2. The van der Waals surface area contributed by atoms with Crippen LogP contribution in [-0.2, 0) is 6.42 Å². The van der Waals surface area contributed by atoms with Crippen LogP contribution in [0.3, 0.4) is 0 Å². The lowest BCUT2D eigenvalue weighted by Gasteiger charge is -1.98. The Hall–Kier alpha value is -2.62. The Morgan fingerprint density at radius 3 is 1.77 bits per heavy atom. The Balaban J connectivity index is 0.000000142. The van der Waals surface area contributed by atoms with Crippen LogP contribution >= 0.6 is 0 Å². The molecule has 0 amide bonds. The van der Waals surface area contributed by atoms with Crippen molar-refractivity contribution in [3.8, 4) is 11.1 Å². The molecule has 4 heteroatoms. The van der Waals surface area contributed by atoms with Gasteiger partial charge in [0.2, 0.25) is 5.82 Å². The Bertz CT molecular complexity index is 751. The molecule has 0 radical (unpaired) electrons. The molecule has 1 nitrogen and oxygen atoms in total. The molecule has 0 spiro atoms. The first kappa shape index (κ1) is 14.3. The Labute approximate surface area is 126 Å². The van der Waals surface area contributed by atoms with Crippen molar-refractivity contribution in [3.05, 3.63) is 89.5 Å². The minimum absolute atomic E-state index is 0.748. The molecular weight excluding hydrogens is 287 g/mol. The second-order valence-electron chi connectivity index (χ2n) is 4.89. The number of rotatable bonds is 0. The highest BCUT2D eigenvalue weighted by Gasteiger charge is 2.15. The average molecular weight is 299 g/mol. The highest BCUT2D eigenvalue weighted by molar-refractivity contribution is 5.76. The topological polar surface area (TPSA) is 12.9 Å². The normalized spacial score (nSPS) is 11.2. The number of pyridine rings is 1. The van der Waals surface area contributed by atoms with Gasteiger partial charge >= 0.3 is 0 Å². The van der Waals surface area contributed by atoms with Crippen LogP contribution in [0.4, 0.5) is 13.2 Å². The van der Waals surface area contributed by atoms with Gasteiger partial charge in [0.1, 0.15) is 0 Å². The van der Waals surface area contributed by atoms with Crippen molar-refractivity contribution in [2.24, 2.45) is 0 Å². The maximum atomic E-state index is 11.9. The number of nitrogens with zero attached hydrogens (tertiary/aromatic N) is 1. The second kappa shape index (κ2) is 6.02. The van der Waals surface area contributed by atoms with Crippen molar-refractivity contribution in [1.82, 2.24) is 4.98 Å². The smallest absolute Gasteiger partial charge is 0.226 e. The van der Waals surface area contributed by atoms with Crippen LogP contribution in [0.15, 0.2) is 60.8 Å². The zero-order valence-corrected chi connectivity index (χ0v) is 11.6. The molecule has 22 heavy (non-hydrogen) atoms. The molecule has 3 aromatic rings. The van der Waals surface area contributed by atoms with Crippen LogP contribution in [0, 0.1) is 17.6 Å². The fourth-order valence-electron chi connectivity index (χ4n) is 2.48. The Morgan fingerprint density at radius 1 is 0.727 bits per heavy atom. The molecule has 0 N–H and O–H groups in total. The minimum atomic E-state index is -1.53. The second-order valence-corrected chi connectivity index (χ2v) is 4.89. The number of halogens is 3. The molecule has 1 aliphatic carbocycles. The standard InChI is InChI=1S/C13H10.C5H2F3N/c1-3-7-12-10(5-1)9-11-6-2-4-8-13(11)12;6-3-1-2-9-5(8)4(3)7/h1-8H,9H2;1-2H. The van der Waals surface area contributed by atoms with E-state index in [0.717, 1.165) is 18.7 Å². The molecule has 0 fully saturated rings. The predicted molar refractivity (Wildman–Crippen MR) is 78.8 cm³/mol. The van der Waals surface area contributed by atoms with Gasteiger partial charge in [-0.15, -0.1) is 0 Å². The number of hydrogen-bond donors (Lipinski definition) is 0. The Morgan fingerprint density at radius 2 is 1.27 bits per heavy atom. The first-order valence-corrected chi connectivity index (χ1v) is 6.78. The van der Waals surface area contributed by atoms with Crippen LogP contribution in [0.1, 0.15) is 11.1 Å². The monoisotopic (exact) mass is 299 g/mol. The maximum Gasteiger partial charge on any atom is 0.251 e. The van der Waals surface area contributed by atoms with Crippen LogP contribution in [0.2, 0.25) is 0 Å². The fraction of sp³-hybridized carbons (Fsp3) is 0.0556. The van der Waals surface area contributed by atoms with E-state index in [0.29, 0.717) is 0 Å². The van der Waals surface area contributed by atoms with E-state index in [2.05, 4.69) is 53.5 Å². The number of aromatic nitrogens is 1. The summed E-state index contributed by atoms with van der Waals surface area (Å²) in [6, 6.07) is 18.1. The van der Waals surface area contributed by atoms with Gasteiger partial charge < -0.3 is 0 Å². The van der Waals surface area contributed by atoms with Gasteiger partial charge in [-0.05, 0) is 34.7 Å². The van der Waals surface area contributed by atoms with Gasteiger partial charge in [0.15, 0.2) is 5.82 Å². The van der Waals surface area contributed by atoms with Gasteiger partial charge in [-0.1, -0.05) is 48.5 Å². The van der Waals surface area contributed by atoms with Crippen molar-refractivity contribution in [3.63, 3.8) is 0 Å². The van der Waals surface area contributed by atoms with E-state index in [9.17, 15) is 13.2 Å². The van der Waals surface area contributed by atoms with E-state index >= 15 is 0 Å². The summed E-state index contributed by atoms with van der Waals surface area (Å²) in [6.07, 6.45) is 1.96. The van der Waals surface area contributed by atoms with Crippen LogP contribution in [0.25, 0.3) is 11.1 Å². The molecule has 0 atom stereocenters. The lowest BCUT2D eigenvalue weighted by atomic mass is 10.1. The van der Waals surface area contributed by atoms with Crippen LogP contribution in [0.5, 0.6) is 0 Å². The molecule has 0 bridgehead atoms. The summed E-state index contributed by atoms with van der Waals surface area (Å²) in [5, 5.41) is 0. The summed E-state index contributed by atoms with van der Waals surface area (Å²) in [4.78, 5) is 2.86. The van der Waals surface area contributed by atoms with Crippen molar-refractivity contribution in [2.45, 2.75) is 6.42 Å². The van der Waals surface area contributed by atoms with Gasteiger partial charge in [-0.3, -0.25) is 0 Å². The van der Waals surface area contributed by atoms with E-state index in [1.165, 1.54) is 22.3 Å². The summed E-state index contributed by atoms with van der Waals surface area (Å²) < 4.78 is 35.7. The van der Waals surface area contributed by atoms with Gasteiger partial charge in [0.05, 0.1) is 0 Å². The molecule has 4 rings (SSSR count). The molecule has 1 aromatic heterocycles. The largest absolute Gasteiger partial charge is 0.251 e. The molecule has 0 saturated carbocycles. The molecule has 110 valence electrons. The van der Waals surface area contributed by atoms with E-state index in [1.807, 2.05) is 0 Å². The molecule has 1 heterocycles.